The van der Waals surface area contributed by atoms with E-state index in [1.165, 1.54) is 0 Å². The minimum Gasteiger partial charge on any atom is -0.366 e. The van der Waals surface area contributed by atoms with E-state index in [0.717, 1.165) is 33.7 Å². The number of benzene rings is 1. The third kappa shape index (κ3) is 3.11. The standard InChI is InChI=1S/C21H18N6O2/c1-13-7-17(29-26-13)18-11-27(5-6-28-18)21-19-16(10-23-20(19)24-12-25-21)15-4-2-3-14(8-15)9-22/h2-4,7-8,10,12,18H,5-6,11H2,1H3,(H,23,24,25). The summed E-state index contributed by atoms with van der Waals surface area (Å²) < 4.78 is 11.3. The highest BCUT2D eigenvalue weighted by molar-refractivity contribution is 6.01. The average Bonchev–Trinajstić information content (AvgIpc) is 3.40. The first-order chi connectivity index (χ1) is 14.2. The van der Waals surface area contributed by atoms with Gasteiger partial charge in [-0.2, -0.15) is 5.26 Å². The number of nitrogens with one attached hydrogen (secondary N) is 1. The van der Waals surface area contributed by atoms with Crippen molar-refractivity contribution in [2.45, 2.75) is 13.0 Å². The monoisotopic (exact) mass is 386 g/mol. The molecule has 1 aliphatic heterocycles. The van der Waals surface area contributed by atoms with E-state index in [-0.39, 0.29) is 6.10 Å². The predicted octanol–water partition coefficient (Wildman–Crippen LogP) is 3.37. The summed E-state index contributed by atoms with van der Waals surface area (Å²) in [5.74, 6) is 1.55. The second-order valence-corrected chi connectivity index (χ2v) is 6.99. The normalized spacial score (nSPS) is 16.8. The van der Waals surface area contributed by atoms with Crippen LogP contribution in [0.1, 0.15) is 23.1 Å². The summed E-state index contributed by atoms with van der Waals surface area (Å²) in [5.41, 5.74) is 4.11. The van der Waals surface area contributed by atoms with Crippen molar-refractivity contribution in [3.8, 4) is 17.2 Å². The van der Waals surface area contributed by atoms with Gasteiger partial charge in [-0.1, -0.05) is 17.3 Å². The third-order valence-electron chi connectivity index (χ3n) is 5.08. The quantitative estimate of drug-likeness (QED) is 0.575. The molecule has 1 atom stereocenters. The molecule has 0 amide bonds. The van der Waals surface area contributed by atoms with Crippen molar-refractivity contribution in [3.63, 3.8) is 0 Å². The van der Waals surface area contributed by atoms with Gasteiger partial charge < -0.3 is 19.1 Å². The highest BCUT2D eigenvalue weighted by atomic mass is 16.5. The lowest BCUT2D eigenvalue weighted by atomic mass is 10.0. The van der Waals surface area contributed by atoms with Gasteiger partial charge in [0.05, 0.1) is 35.9 Å². The van der Waals surface area contributed by atoms with E-state index >= 15 is 0 Å². The molecule has 1 aromatic carbocycles. The van der Waals surface area contributed by atoms with Gasteiger partial charge in [-0.05, 0) is 24.6 Å². The SMILES string of the molecule is Cc1cc(C2CN(c3ncnc4[nH]cc(-c5cccc(C#N)c5)c34)CCO2)on1. The fraction of sp³-hybridized carbons (Fsp3) is 0.238. The number of ether oxygens (including phenoxy) is 1. The molecule has 3 aromatic heterocycles. The molecule has 0 saturated carbocycles. The number of fused-ring (bicyclic) bond motifs is 1. The number of aryl methyl sites for hydroxylation is 1. The summed E-state index contributed by atoms with van der Waals surface area (Å²) in [7, 11) is 0. The molecule has 1 aliphatic rings. The Kier molecular flexibility index (Phi) is 4.22. The Hall–Kier alpha value is -3.70. The second kappa shape index (κ2) is 7.04. The summed E-state index contributed by atoms with van der Waals surface area (Å²) in [6, 6.07) is 11.6. The van der Waals surface area contributed by atoms with Gasteiger partial charge in [0.15, 0.2) is 5.76 Å². The first kappa shape index (κ1) is 17.4. The predicted molar refractivity (Wildman–Crippen MR) is 106 cm³/mol. The summed E-state index contributed by atoms with van der Waals surface area (Å²) in [6.07, 6.45) is 3.27. The molecule has 0 bridgehead atoms. The van der Waals surface area contributed by atoms with Crippen LogP contribution < -0.4 is 4.90 Å². The number of nitriles is 1. The zero-order valence-corrected chi connectivity index (χ0v) is 15.8. The van der Waals surface area contributed by atoms with E-state index in [4.69, 9.17) is 9.26 Å². The highest BCUT2D eigenvalue weighted by Crippen LogP contribution is 2.35. The number of aromatic amines is 1. The van der Waals surface area contributed by atoms with Crippen LogP contribution in [0.4, 0.5) is 5.82 Å². The lowest BCUT2D eigenvalue weighted by Crippen LogP contribution is -2.38. The lowest BCUT2D eigenvalue weighted by molar-refractivity contribution is 0.0219. The largest absolute Gasteiger partial charge is 0.366 e. The minimum absolute atomic E-state index is 0.209. The summed E-state index contributed by atoms with van der Waals surface area (Å²) in [5, 5.41) is 14.2. The van der Waals surface area contributed by atoms with Gasteiger partial charge in [0.2, 0.25) is 0 Å². The van der Waals surface area contributed by atoms with Crippen LogP contribution in [0.15, 0.2) is 47.4 Å². The Morgan fingerprint density at radius 2 is 2.21 bits per heavy atom. The number of morpholine rings is 1. The van der Waals surface area contributed by atoms with Crippen molar-refractivity contribution in [1.82, 2.24) is 20.1 Å². The first-order valence-corrected chi connectivity index (χ1v) is 9.35. The number of nitrogens with zero attached hydrogens (tertiary/aromatic N) is 5. The van der Waals surface area contributed by atoms with Crippen molar-refractivity contribution in [1.29, 1.82) is 5.26 Å². The molecule has 8 heteroatoms. The van der Waals surface area contributed by atoms with Crippen molar-refractivity contribution in [2.24, 2.45) is 0 Å². The molecule has 4 aromatic rings. The molecule has 1 saturated heterocycles. The molecule has 29 heavy (non-hydrogen) atoms. The van der Waals surface area contributed by atoms with Crippen molar-refractivity contribution >= 4 is 16.9 Å². The summed E-state index contributed by atoms with van der Waals surface area (Å²) >= 11 is 0. The molecule has 1 N–H and O–H groups in total. The molecule has 8 nitrogen and oxygen atoms in total. The van der Waals surface area contributed by atoms with E-state index in [0.29, 0.717) is 31.0 Å². The van der Waals surface area contributed by atoms with Crippen LogP contribution >= 0.6 is 0 Å². The smallest absolute Gasteiger partial charge is 0.167 e. The van der Waals surface area contributed by atoms with E-state index in [1.54, 1.807) is 12.4 Å². The molecule has 0 spiro atoms. The summed E-state index contributed by atoms with van der Waals surface area (Å²) in [4.78, 5) is 14.4. The van der Waals surface area contributed by atoms with E-state index < -0.39 is 0 Å². The molecule has 5 rings (SSSR count). The topological polar surface area (TPSA) is 104 Å². The Bertz CT molecular complexity index is 1220. The van der Waals surface area contributed by atoms with E-state index in [1.807, 2.05) is 37.4 Å². The Morgan fingerprint density at radius 1 is 1.28 bits per heavy atom. The van der Waals surface area contributed by atoms with Gasteiger partial charge in [0.25, 0.3) is 0 Å². The zero-order valence-electron chi connectivity index (χ0n) is 15.8. The van der Waals surface area contributed by atoms with Crippen molar-refractivity contribution in [3.05, 3.63) is 59.9 Å². The minimum atomic E-state index is -0.209. The van der Waals surface area contributed by atoms with Gasteiger partial charge in [-0.3, -0.25) is 0 Å². The maximum Gasteiger partial charge on any atom is 0.167 e. The number of hydrogen-bond donors (Lipinski definition) is 1. The highest BCUT2D eigenvalue weighted by Gasteiger charge is 2.28. The van der Waals surface area contributed by atoms with E-state index in [9.17, 15) is 5.26 Å². The van der Waals surface area contributed by atoms with Crippen LogP contribution in [0, 0.1) is 18.3 Å². The second-order valence-electron chi connectivity index (χ2n) is 6.99. The Balaban J connectivity index is 1.56. The molecule has 1 unspecified atom stereocenters. The number of rotatable bonds is 3. The molecule has 144 valence electrons. The molecular formula is C21H18N6O2. The number of anilines is 1. The van der Waals surface area contributed by atoms with Gasteiger partial charge >= 0.3 is 0 Å². The van der Waals surface area contributed by atoms with Gasteiger partial charge in [-0.15, -0.1) is 0 Å². The fourth-order valence-electron chi connectivity index (χ4n) is 3.72. The molecule has 1 fully saturated rings. The lowest BCUT2D eigenvalue weighted by Gasteiger charge is -2.32. The van der Waals surface area contributed by atoms with Crippen molar-refractivity contribution < 1.29 is 9.26 Å². The molecule has 4 heterocycles. The average molecular weight is 386 g/mol. The van der Waals surface area contributed by atoms with Crippen LogP contribution in [0.2, 0.25) is 0 Å². The first-order valence-electron chi connectivity index (χ1n) is 9.35. The maximum atomic E-state index is 9.25. The third-order valence-corrected chi connectivity index (χ3v) is 5.08. The van der Waals surface area contributed by atoms with Crippen LogP contribution in [-0.2, 0) is 4.74 Å². The molecule has 0 aliphatic carbocycles. The molecular weight excluding hydrogens is 368 g/mol. The number of H-pyrrole nitrogens is 1. The number of hydrogen-bond acceptors (Lipinski definition) is 7. The van der Waals surface area contributed by atoms with Gasteiger partial charge in [0, 0.05) is 24.4 Å². The van der Waals surface area contributed by atoms with Gasteiger partial charge in [-0.25, -0.2) is 9.97 Å². The van der Waals surface area contributed by atoms with Crippen LogP contribution in [0.25, 0.3) is 22.2 Å². The fourth-order valence-corrected chi connectivity index (χ4v) is 3.72. The van der Waals surface area contributed by atoms with Crippen LogP contribution in [-0.4, -0.2) is 39.8 Å². The molecule has 0 radical (unpaired) electrons. The van der Waals surface area contributed by atoms with Gasteiger partial charge in [0.1, 0.15) is 23.9 Å². The van der Waals surface area contributed by atoms with Crippen LogP contribution in [0.5, 0.6) is 0 Å². The van der Waals surface area contributed by atoms with Crippen molar-refractivity contribution in [2.75, 3.05) is 24.6 Å². The number of aromatic nitrogens is 4. The Labute approximate surface area is 166 Å². The maximum absolute atomic E-state index is 9.25. The summed E-state index contributed by atoms with van der Waals surface area (Å²) in [6.45, 7) is 3.75. The zero-order chi connectivity index (χ0) is 19.8. The Morgan fingerprint density at radius 3 is 3.03 bits per heavy atom. The van der Waals surface area contributed by atoms with Crippen LogP contribution in [0.3, 0.4) is 0 Å². The van der Waals surface area contributed by atoms with E-state index in [2.05, 4.69) is 31.1 Å².